The summed E-state index contributed by atoms with van der Waals surface area (Å²) in [4.78, 5) is 25.2. The van der Waals surface area contributed by atoms with Gasteiger partial charge in [0.15, 0.2) is 0 Å². The summed E-state index contributed by atoms with van der Waals surface area (Å²) in [5, 5.41) is 17.8. The third kappa shape index (κ3) is 7.99. The number of Topliss-reactive ketones (excluding diaryl/α,β-unsaturated/α-hetero) is 2. The molecule has 2 atom stereocenters. The molecule has 1 fully saturated rings. The minimum atomic E-state index is 0.105. The van der Waals surface area contributed by atoms with E-state index in [4.69, 9.17) is 11.5 Å². The van der Waals surface area contributed by atoms with E-state index in [1.54, 1.807) is 0 Å². The molecule has 216 valence electrons. The van der Waals surface area contributed by atoms with Crippen LogP contribution in [0.4, 0.5) is 0 Å². The lowest BCUT2D eigenvalue weighted by atomic mass is 9.78. The molecule has 0 saturated heterocycles. The zero-order valence-electron chi connectivity index (χ0n) is 23.9. The zero-order chi connectivity index (χ0) is 29.3. The van der Waals surface area contributed by atoms with Gasteiger partial charge in [-0.05, 0) is 65.8 Å². The quantitative estimate of drug-likeness (QED) is 0.260. The van der Waals surface area contributed by atoms with Crippen LogP contribution < -0.4 is 11.5 Å². The number of hydrogen-bond acceptors (Lipinski definition) is 8. The van der Waals surface area contributed by atoms with Gasteiger partial charge in [0.25, 0.3) is 0 Å². The highest BCUT2D eigenvalue weighted by Gasteiger charge is 2.27. The van der Waals surface area contributed by atoms with E-state index in [2.05, 4.69) is 20.4 Å². The molecule has 4 N–H and O–H groups in total. The van der Waals surface area contributed by atoms with Gasteiger partial charge >= 0.3 is 0 Å². The first kappa shape index (κ1) is 29.4. The summed E-state index contributed by atoms with van der Waals surface area (Å²) >= 11 is 0. The minimum absolute atomic E-state index is 0.105. The second-order valence-corrected chi connectivity index (χ2v) is 11.3. The highest BCUT2D eigenvalue weighted by molar-refractivity contribution is 5.83. The van der Waals surface area contributed by atoms with Crippen LogP contribution in [0.3, 0.4) is 0 Å². The predicted octanol–water partition coefficient (Wildman–Crippen LogP) is 4.33. The number of carbonyl (C=O) groups excluding carboxylic acids is 2. The van der Waals surface area contributed by atoms with Gasteiger partial charge in [-0.1, -0.05) is 55.0 Å². The Morgan fingerprint density at radius 3 is 1.45 bits per heavy atom. The average Bonchev–Trinajstić information content (AvgIpc) is 3.02. The first-order chi connectivity index (χ1) is 20.5. The predicted molar refractivity (Wildman–Crippen MR) is 162 cm³/mol. The van der Waals surface area contributed by atoms with Crippen LogP contribution in [0, 0.1) is 0 Å². The SMILES string of the molecule is NCc1cccc(CC(=O)Cc2ccc([C@H]3CCC[C@H](c4ccc(CC(=O)Cc5cccc(CN)c5)nn4)C3)nn2)c1. The third-order valence-electron chi connectivity index (χ3n) is 8.00. The fraction of sp³-hybridized carbons (Fsp3) is 0.353. The molecule has 8 nitrogen and oxygen atoms in total. The van der Waals surface area contributed by atoms with E-state index in [0.29, 0.717) is 37.3 Å². The number of aromatic nitrogens is 4. The summed E-state index contributed by atoms with van der Waals surface area (Å²) in [6.07, 6.45) is 5.34. The van der Waals surface area contributed by atoms with Gasteiger partial charge in [-0.2, -0.15) is 20.4 Å². The van der Waals surface area contributed by atoms with Crippen molar-refractivity contribution in [2.75, 3.05) is 0 Å². The fourth-order valence-electron chi connectivity index (χ4n) is 5.81. The van der Waals surface area contributed by atoms with Crippen LogP contribution in [0.5, 0.6) is 0 Å². The van der Waals surface area contributed by atoms with E-state index in [9.17, 15) is 9.59 Å². The lowest BCUT2D eigenvalue weighted by Gasteiger charge is -2.28. The normalized spacial score (nSPS) is 16.7. The van der Waals surface area contributed by atoms with Crippen LogP contribution in [0.15, 0.2) is 72.8 Å². The molecule has 0 radical (unpaired) electrons. The molecule has 0 spiro atoms. The molecule has 1 saturated carbocycles. The Morgan fingerprint density at radius 1 is 0.595 bits per heavy atom. The van der Waals surface area contributed by atoms with Crippen molar-refractivity contribution < 1.29 is 9.59 Å². The van der Waals surface area contributed by atoms with Crippen LogP contribution in [-0.4, -0.2) is 32.0 Å². The second kappa shape index (κ2) is 14.2. The summed E-state index contributed by atoms with van der Waals surface area (Å²) in [5.74, 6) is 0.779. The number of nitrogens with zero attached hydrogens (tertiary/aromatic N) is 4. The van der Waals surface area contributed by atoms with Crippen molar-refractivity contribution in [1.82, 2.24) is 20.4 Å². The maximum atomic E-state index is 12.6. The largest absolute Gasteiger partial charge is 0.326 e. The Morgan fingerprint density at radius 2 is 1.05 bits per heavy atom. The molecule has 8 heteroatoms. The van der Waals surface area contributed by atoms with Gasteiger partial charge in [0.1, 0.15) is 11.6 Å². The van der Waals surface area contributed by atoms with Crippen LogP contribution in [-0.2, 0) is 48.4 Å². The smallest absolute Gasteiger partial charge is 0.143 e. The minimum Gasteiger partial charge on any atom is -0.326 e. The molecular formula is C34H38N6O2. The van der Waals surface area contributed by atoms with Gasteiger partial charge in [-0.25, -0.2) is 0 Å². The summed E-state index contributed by atoms with van der Waals surface area (Å²) < 4.78 is 0. The van der Waals surface area contributed by atoms with Crippen molar-refractivity contribution in [1.29, 1.82) is 0 Å². The van der Waals surface area contributed by atoms with E-state index in [1.807, 2.05) is 72.8 Å². The van der Waals surface area contributed by atoms with E-state index < -0.39 is 0 Å². The number of nitrogens with two attached hydrogens (primary N) is 2. The van der Waals surface area contributed by atoms with Crippen LogP contribution in [0.2, 0.25) is 0 Å². The van der Waals surface area contributed by atoms with Gasteiger partial charge < -0.3 is 11.5 Å². The monoisotopic (exact) mass is 562 g/mol. The Kier molecular flexibility index (Phi) is 9.90. The Hall–Kier alpha value is -4.14. The van der Waals surface area contributed by atoms with Crippen LogP contribution >= 0.6 is 0 Å². The van der Waals surface area contributed by atoms with Gasteiger partial charge in [-0.15, -0.1) is 0 Å². The summed E-state index contributed by atoms with van der Waals surface area (Å²) in [6.45, 7) is 0.920. The summed E-state index contributed by atoms with van der Waals surface area (Å²) in [5.41, 5.74) is 18.7. The molecule has 4 aromatic rings. The highest BCUT2D eigenvalue weighted by Crippen LogP contribution is 2.39. The van der Waals surface area contributed by atoms with Gasteiger partial charge in [0, 0.05) is 37.8 Å². The van der Waals surface area contributed by atoms with E-state index in [0.717, 1.165) is 59.3 Å². The van der Waals surface area contributed by atoms with Crippen molar-refractivity contribution >= 4 is 11.6 Å². The standard InChI is InChI=1S/C34H38N6O2/c35-21-25-6-1-4-23(14-25)16-31(41)19-29-10-12-33(39-37-29)27-8-3-9-28(18-27)34-13-11-30(38-40-34)20-32(42)17-24-5-2-7-26(15-24)22-36/h1-2,4-7,10-15,27-28H,3,8-9,16-22,35-36H2/t27-,28-/m0/s1. The molecule has 0 aliphatic heterocycles. The van der Waals surface area contributed by atoms with Crippen molar-refractivity contribution in [3.63, 3.8) is 0 Å². The van der Waals surface area contributed by atoms with Crippen molar-refractivity contribution in [2.24, 2.45) is 11.5 Å². The average molecular weight is 563 g/mol. The molecule has 42 heavy (non-hydrogen) atoms. The van der Waals surface area contributed by atoms with E-state index >= 15 is 0 Å². The highest BCUT2D eigenvalue weighted by atomic mass is 16.1. The zero-order valence-corrected chi connectivity index (χ0v) is 23.9. The second-order valence-electron chi connectivity index (χ2n) is 11.3. The first-order valence-electron chi connectivity index (χ1n) is 14.7. The molecule has 2 aromatic carbocycles. The number of carbonyl (C=O) groups is 2. The molecule has 1 aliphatic carbocycles. The van der Waals surface area contributed by atoms with Crippen LogP contribution in [0.25, 0.3) is 0 Å². The Bertz CT molecular complexity index is 1390. The molecule has 5 rings (SSSR count). The third-order valence-corrected chi connectivity index (χ3v) is 8.00. The Balaban J connectivity index is 1.13. The van der Waals surface area contributed by atoms with Gasteiger partial charge in [-0.3, -0.25) is 9.59 Å². The van der Waals surface area contributed by atoms with Crippen molar-refractivity contribution in [3.05, 3.63) is 118 Å². The maximum absolute atomic E-state index is 12.6. The van der Waals surface area contributed by atoms with Gasteiger partial charge in [0.05, 0.1) is 35.6 Å². The van der Waals surface area contributed by atoms with E-state index in [1.165, 1.54) is 0 Å². The number of benzene rings is 2. The molecule has 0 unspecified atom stereocenters. The van der Waals surface area contributed by atoms with Crippen LogP contribution in [0.1, 0.15) is 82.5 Å². The lowest BCUT2D eigenvalue weighted by Crippen LogP contribution is -2.17. The molecule has 2 aromatic heterocycles. The molecule has 1 aliphatic rings. The topological polar surface area (TPSA) is 138 Å². The maximum Gasteiger partial charge on any atom is 0.143 e. The lowest BCUT2D eigenvalue weighted by molar-refractivity contribution is -0.118. The fourth-order valence-corrected chi connectivity index (χ4v) is 5.81. The van der Waals surface area contributed by atoms with Gasteiger partial charge in [0.2, 0.25) is 0 Å². The van der Waals surface area contributed by atoms with E-state index in [-0.39, 0.29) is 36.2 Å². The Labute approximate surface area is 247 Å². The number of rotatable bonds is 12. The van der Waals surface area contributed by atoms with Crippen molar-refractivity contribution in [3.8, 4) is 0 Å². The first-order valence-corrected chi connectivity index (χ1v) is 14.7. The molecule has 0 amide bonds. The summed E-state index contributed by atoms with van der Waals surface area (Å²) in [6, 6.07) is 23.5. The molecular weight excluding hydrogens is 524 g/mol. The summed E-state index contributed by atoms with van der Waals surface area (Å²) in [7, 11) is 0. The molecule has 2 heterocycles. The number of ketones is 2. The van der Waals surface area contributed by atoms with Crippen molar-refractivity contribution in [2.45, 2.75) is 76.3 Å². The molecule has 0 bridgehead atoms. The number of hydrogen-bond donors (Lipinski definition) is 2.